The molecule has 1 aliphatic rings. The molecule has 20 heavy (non-hydrogen) atoms. The van der Waals surface area contributed by atoms with E-state index in [1.165, 1.54) is 38.4 Å². The van der Waals surface area contributed by atoms with Gasteiger partial charge < -0.3 is 5.32 Å². The average molecular weight is 293 g/mol. The van der Waals surface area contributed by atoms with Crippen LogP contribution in [0.4, 0.5) is 5.69 Å². The molecule has 3 nitrogen and oxygen atoms in total. The Hall–Kier alpha value is -1.29. The molecule has 0 saturated carbocycles. The quantitative estimate of drug-likeness (QED) is 0.840. The van der Waals surface area contributed by atoms with E-state index in [1.54, 1.807) is 17.7 Å². The molecule has 1 N–H and O–H groups in total. The minimum Gasteiger partial charge on any atom is -0.385 e. The van der Waals surface area contributed by atoms with Gasteiger partial charge in [-0.2, -0.15) is 0 Å². The molecular weight excluding hydrogens is 270 g/mol. The predicted molar refractivity (Wildman–Crippen MR) is 83.8 cm³/mol. The first-order chi connectivity index (χ1) is 9.55. The summed E-state index contributed by atoms with van der Waals surface area (Å²) in [4.78, 5) is 0.370. The Bertz CT molecular complexity index is 559. The molecule has 0 saturated heterocycles. The van der Waals surface area contributed by atoms with E-state index in [1.807, 2.05) is 12.1 Å². The van der Waals surface area contributed by atoms with Crippen molar-refractivity contribution in [3.8, 4) is 0 Å². The molecule has 0 spiro atoms. The molecule has 0 unspecified atom stereocenters. The number of allylic oxidation sites excluding steroid dienone is 1. The highest BCUT2D eigenvalue weighted by molar-refractivity contribution is 7.90. The first-order valence-corrected chi connectivity index (χ1v) is 9.17. The highest BCUT2D eigenvalue weighted by atomic mass is 32.2. The van der Waals surface area contributed by atoms with Crippen molar-refractivity contribution in [2.45, 2.75) is 43.4 Å². The molecule has 0 bridgehead atoms. The number of anilines is 1. The van der Waals surface area contributed by atoms with Crippen LogP contribution in [0.25, 0.3) is 0 Å². The number of sulfone groups is 1. The summed E-state index contributed by atoms with van der Waals surface area (Å²) in [6.07, 6.45) is 11.1. The van der Waals surface area contributed by atoms with Crippen LogP contribution >= 0.6 is 0 Å². The molecule has 0 radical (unpaired) electrons. The fourth-order valence-electron chi connectivity index (χ4n) is 2.50. The van der Waals surface area contributed by atoms with E-state index >= 15 is 0 Å². The van der Waals surface area contributed by atoms with Gasteiger partial charge in [-0.3, -0.25) is 0 Å². The number of rotatable bonds is 5. The number of benzene rings is 1. The van der Waals surface area contributed by atoms with Crippen LogP contribution in [0, 0.1) is 0 Å². The number of nitrogens with one attached hydrogen (secondary N) is 1. The Balaban J connectivity index is 1.83. The molecule has 0 fully saturated rings. The van der Waals surface area contributed by atoms with Crippen LogP contribution in [0.3, 0.4) is 0 Å². The Morgan fingerprint density at radius 1 is 1.10 bits per heavy atom. The van der Waals surface area contributed by atoms with Gasteiger partial charge in [0.1, 0.15) is 0 Å². The van der Waals surface area contributed by atoms with E-state index < -0.39 is 9.84 Å². The van der Waals surface area contributed by atoms with Crippen molar-refractivity contribution < 1.29 is 8.42 Å². The summed E-state index contributed by atoms with van der Waals surface area (Å²) >= 11 is 0. The minimum atomic E-state index is -3.10. The molecule has 110 valence electrons. The maximum atomic E-state index is 11.4. The van der Waals surface area contributed by atoms with E-state index in [0.29, 0.717) is 4.90 Å². The first-order valence-electron chi connectivity index (χ1n) is 7.27. The molecule has 0 heterocycles. The highest BCUT2D eigenvalue weighted by Crippen LogP contribution is 2.20. The van der Waals surface area contributed by atoms with E-state index in [9.17, 15) is 8.42 Å². The zero-order valence-electron chi connectivity index (χ0n) is 12.1. The summed E-state index contributed by atoms with van der Waals surface area (Å²) in [6.45, 7) is 0.907. The fourth-order valence-corrected chi connectivity index (χ4v) is 3.13. The zero-order chi connectivity index (χ0) is 14.4. The summed E-state index contributed by atoms with van der Waals surface area (Å²) in [5, 5.41) is 3.36. The molecule has 1 aromatic rings. The summed E-state index contributed by atoms with van der Waals surface area (Å²) in [5.41, 5.74) is 2.54. The van der Waals surface area contributed by atoms with E-state index in [0.717, 1.165) is 18.7 Å². The van der Waals surface area contributed by atoms with Gasteiger partial charge in [-0.15, -0.1) is 0 Å². The third-order valence-corrected chi connectivity index (χ3v) is 4.82. The third kappa shape index (κ3) is 4.67. The Morgan fingerprint density at radius 3 is 2.55 bits per heavy atom. The Morgan fingerprint density at radius 2 is 1.85 bits per heavy atom. The van der Waals surface area contributed by atoms with Gasteiger partial charge in [0.05, 0.1) is 4.90 Å². The van der Waals surface area contributed by atoms with Crippen LogP contribution in [0.2, 0.25) is 0 Å². The second kappa shape index (κ2) is 6.93. The standard InChI is InChI=1S/C16H23NO2S/c1-20(18,19)16-10-8-15(9-11-16)17-13-12-14-6-4-2-3-5-7-14/h6,8-11,17H,2-5,7,12-13H2,1H3. The van der Waals surface area contributed by atoms with Crippen molar-refractivity contribution in [1.29, 1.82) is 0 Å². The van der Waals surface area contributed by atoms with Crippen molar-refractivity contribution in [2.75, 3.05) is 18.1 Å². The van der Waals surface area contributed by atoms with Crippen LogP contribution in [0.5, 0.6) is 0 Å². The van der Waals surface area contributed by atoms with Gasteiger partial charge in [0, 0.05) is 18.5 Å². The lowest BCUT2D eigenvalue weighted by atomic mass is 10.1. The SMILES string of the molecule is CS(=O)(=O)c1ccc(NCCC2=CCCCCC2)cc1. The van der Waals surface area contributed by atoms with Crippen LogP contribution in [-0.4, -0.2) is 21.2 Å². The monoisotopic (exact) mass is 293 g/mol. The number of hydrogen-bond acceptors (Lipinski definition) is 3. The van der Waals surface area contributed by atoms with Crippen LogP contribution < -0.4 is 5.32 Å². The van der Waals surface area contributed by atoms with Gasteiger partial charge in [0.15, 0.2) is 9.84 Å². The van der Waals surface area contributed by atoms with Gasteiger partial charge >= 0.3 is 0 Å². The van der Waals surface area contributed by atoms with Crippen LogP contribution in [0.1, 0.15) is 38.5 Å². The van der Waals surface area contributed by atoms with Gasteiger partial charge in [-0.05, 0) is 56.4 Å². The minimum absolute atomic E-state index is 0.370. The largest absolute Gasteiger partial charge is 0.385 e. The molecular formula is C16H23NO2S. The van der Waals surface area contributed by atoms with Crippen molar-refractivity contribution in [2.24, 2.45) is 0 Å². The summed E-state index contributed by atoms with van der Waals surface area (Å²) < 4.78 is 22.7. The highest BCUT2D eigenvalue weighted by Gasteiger charge is 2.06. The molecule has 2 rings (SSSR count). The van der Waals surface area contributed by atoms with Gasteiger partial charge in [-0.1, -0.05) is 18.1 Å². The van der Waals surface area contributed by atoms with Crippen molar-refractivity contribution >= 4 is 15.5 Å². The molecule has 4 heteroatoms. The summed E-state index contributed by atoms with van der Waals surface area (Å²) in [6, 6.07) is 6.97. The molecule has 1 aliphatic carbocycles. The topological polar surface area (TPSA) is 46.2 Å². The lowest BCUT2D eigenvalue weighted by molar-refractivity contribution is 0.602. The zero-order valence-corrected chi connectivity index (χ0v) is 12.9. The maximum absolute atomic E-state index is 11.4. The molecule has 0 amide bonds. The summed E-state index contributed by atoms with van der Waals surface area (Å²) in [5.74, 6) is 0. The molecule has 1 aromatic carbocycles. The molecule has 0 aromatic heterocycles. The van der Waals surface area contributed by atoms with E-state index in [4.69, 9.17) is 0 Å². The number of hydrogen-bond donors (Lipinski definition) is 1. The smallest absolute Gasteiger partial charge is 0.175 e. The second-order valence-electron chi connectivity index (χ2n) is 5.44. The Kier molecular flexibility index (Phi) is 5.24. The van der Waals surface area contributed by atoms with Crippen LogP contribution in [-0.2, 0) is 9.84 Å². The third-order valence-electron chi connectivity index (χ3n) is 3.69. The van der Waals surface area contributed by atoms with Crippen molar-refractivity contribution in [3.63, 3.8) is 0 Å². The summed E-state index contributed by atoms with van der Waals surface area (Å²) in [7, 11) is -3.10. The van der Waals surface area contributed by atoms with Crippen molar-refractivity contribution in [1.82, 2.24) is 0 Å². The maximum Gasteiger partial charge on any atom is 0.175 e. The predicted octanol–water partition coefficient (Wildman–Crippen LogP) is 3.78. The lowest BCUT2D eigenvalue weighted by Gasteiger charge is -2.09. The average Bonchev–Trinajstić information content (AvgIpc) is 2.67. The Labute approximate surface area is 122 Å². The fraction of sp³-hybridized carbons (Fsp3) is 0.500. The van der Waals surface area contributed by atoms with Crippen molar-refractivity contribution in [3.05, 3.63) is 35.9 Å². The van der Waals surface area contributed by atoms with E-state index in [2.05, 4.69) is 11.4 Å². The van der Waals surface area contributed by atoms with Gasteiger partial charge in [0.2, 0.25) is 0 Å². The lowest BCUT2D eigenvalue weighted by Crippen LogP contribution is -2.03. The van der Waals surface area contributed by atoms with E-state index in [-0.39, 0.29) is 0 Å². The first kappa shape index (κ1) is 15.1. The second-order valence-corrected chi connectivity index (χ2v) is 7.45. The normalized spacial score (nSPS) is 16.4. The molecule has 0 atom stereocenters. The van der Waals surface area contributed by atoms with Gasteiger partial charge in [-0.25, -0.2) is 8.42 Å². The van der Waals surface area contributed by atoms with Crippen LogP contribution in [0.15, 0.2) is 40.8 Å². The van der Waals surface area contributed by atoms with Gasteiger partial charge in [0.25, 0.3) is 0 Å². The molecule has 0 aliphatic heterocycles.